The Labute approximate surface area is 120 Å². The molecule has 0 aromatic heterocycles. The van der Waals surface area contributed by atoms with E-state index >= 15 is 0 Å². The minimum absolute atomic E-state index is 0.0272. The molecule has 1 atom stereocenters. The Morgan fingerprint density at radius 3 is 2.80 bits per heavy atom. The van der Waals surface area contributed by atoms with Gasteiger partial charge >= 0.3 is 12.1 Å². The van der Waals surface area contributed by atoms with Crippen LogP contribution in [0.5, 0.6) is 0 Å². The number of alkyl carbamates (subject to hydrolysis) is 1. The number of carboxylic acids is 1. The van der Waals surface area contributed by atoms with Crippen LogP contribution in [0.3, 0.4) is 0 Å². The van der Waals surface area contributed by atoms with E-state index in [2.05, 4.69) is 16.6 Å². The minimum atomic E-state index is -1.24. The van der Waals surface area contributed by atoms with Gasteiger partial charge in [-0.25, -0.2) is 14.0 Å². The van der Waals surface area contributed by atoms with Gasteiger partial charge in [0, 0.05) is 6.42 Å². The van der Waals surface area contributed by atoms with Gasteiger partial charge in [-0.3, -0.25) is 0 Å². The Morgan fingerprint density at radius 1 is 1.55 bits per heavy atom. The second-order valence-corrected chi connectivity index (χ2v) is 4.28. The highest BCUT2D eigenvalue weighted by Crippen LogP contribution is 2.17. The molecule has 0 spiro atoms. The second-order valence-electron chi connectivity index (χ2n) is 3.87. The molecule has 1 unspecified atom stereocenters. The van der Waals surface area contributed by atoms with Gasteiger partial charge in [-0.1, -0.05) is 30.3 Å². The van der Waals surface area contributed by atoms with Crippen LogP contribution in [-0.4, -0.2) is 29.8 Å². The molecule has 0 fully saturated rings. The maximum absolute atomic E-state index is 13.0. The topological polar surface area (TPSA) is 75.6 Å². The van der Waals surface area contributed by atoms with Gasteiger partial charge in [0.25, 0.3) is 0 Å². The highest BCUT2D eigenvalue weighted by Gasteiger charge is 2.21. The summed E-state index contributed by atoms with van der Waals surface area (Å²) in [6.45, 7) is 3.33. The van der Waals surface area contributed by atoms with Gasteiger partial charge in [0.05, 0.1) is 5.02 Å². The molecule has 0 saturated carbocycles. The third-order valence-electron chi connectivity index (χ3n) is 2.35. The fraction of sp³-hybridized carbons (Fsp3) is 0.231. The van der Waals surface area contributed by atoms with Crippen molar-refractivity contribution in [2.75, 3.05) is 6.61 Å². The van der Waals surface area contributed by atoms with E-state index in [9.17, 15) is 14.0 Å². The maximum Gasteiger partial charge on any atom is 0.408 e. The minimum Gasteiger partial charge on any atom is -0.480 e. The number of carbonyl (C=O) groups excluding carboxylic acids is 1. The number of amides is 1. The summed E-state index contributed by atoms with van der Waals surface area (Å²) in [7, 11) is 0. The summed E-state index contributed by atoms with van der Waals surface area (Å²) < 4.78 is 17.6. The van der Waals surface area contributed by atoms with Crippen LogP contribution < -0.4 is 5.32 Å². The first-order valence-electron chi connectivity index (χ1n) is 5.65. The number of hydrogen-bond acceptors (Lipinski definition) is 3. The predicted octanol–water partition coefficient (Wildman–Crippen LogP) is 2.39. The van der Waals surface area contributed by atoms with Gasteiger partial charge in [-0.05, 0) is 17.7 Å². The zero-order chi connectivity index (χ0) is 15.1. The van der Waals surface area contributed by atoms with Gasteiger partial charge in [-0.2, -0.15) is 0 Å². The molecule has 0 saturated heterocycles. The average Bonchev–Trinajstić information content (AvgIpc) is 2.39. The molecule has 7 heteroatoms. The van der Waals surface area contributed by atoms with Crippen molar-refractivity contribution >= 4 is 23.7 Å². The molecule has 1 aromatic carbocycles. The molecule has 20 heavy (non-hydrogen) atoms. The van der Waals surface area contributed by atoms with E-state index in [1.54, 1.807) is 0 Å². The van der Waals surface area contributed by atoms with Gasteiger partial charge in [0.2, 0.25) is 0 Å². The summed E-state index contributed by atoms with van der Waals surface area (Å²) in [6, 6.07) is 2.64. The van der Waals surface area contributed by atoms with E-state index < -0.39 is 23.9 Å². The highest BCUT2D eigenvalue weighted by atomic mass is 35.5. The van der Waals surface area contributed by atoms with E-state index in [1.165, 1.54) is 18.2 Å². The Morgan fingerprint density at radius 2 is 2.25 bits per heavy atom. The van der Waals surface area contributed by atoms with Gasteiger partial charge in [0.15, 0.2) is 0 Å². The van der Waals surface area contributed by atoms with E-state index in [4.69, 9.17) is 16.7 Å². The maximum atomic E-state index is 13.0. The largest absolute Gasteiger partial charge is 0.480 e. The zero-order valence-electron chi connectivity index (χ0n) is 10.4. The number of benzene rings is 1. The number of carboxylic acid groups (broad SMARTS) is 1. The summed E-state index contributed by atoms with van der Waals surface area (Å²) in [6.07, 6.45) is 0.443. The lowest BCUT2D eigenvalue weighted by Gasteiger charge is -2.14. The lowest BCUT2D eigenvalue weighted by atomic mass is 10.1. The van der Waals surface area contributed by atoms with Crippen molar-refractivity contribution < 1.29 is 23.8 Å². The molecule has 0 heterocycles. The molecule has 0 aliphatic rings. The van der Waals surface area contributed by atoms with Crippen molar-refractivity contribution in [1.82, 2.24) is 5.32 Å². The van der Waals surface area contributed by atoms with E-state index in [0.717, 1.165) is 6.07 Å². The van der Waals surface area contributed by atoms with Crippen molar-refractivity contribution in [3.8, 4) is 0 Å². The van der Waals surface area contributed by atoms with Crippen molar-refractivity contribution in [2.45, 2.75) is 12.5 Å². The number of halogens is 2. The van der Waals surface area contributed by atoms with Crippen LogP contribution in [0, 0.1) is 5.82 Å². The van der Waals surface area contributed by atoms with Crippen molar-refractivity contribution in [3.05, 3.63) is 47.3 Å². The first-order valence-corrected chi connectivity index (χ1v) is 6.02. The monoisotopic (exact) mass is 301 g/mol. The van der Waals surface area contributed by atoms with Gasteiger partial charge < -0.3 is 15.2 Å². The summed E-state index contributed by atoms with van der Waals surface area (Å²) >= 11 is 5.61. The lowest BCUT2D eigenvalue weighted by molar-refractivity contribution is -0.139. The Balaban J connectivity index is 2.71. The second kappa shape index (κ2) is 7.49. The molecule has 1 aromatic rings. The number of aliphatic carboxylic acids is 1. The van der Waals surface area contributed by atoms with Crippen LogP contribution in [0.4, 0.5) is 9.18 Å². The standard InChI is InChI=1S/C13H13ClFNO4/c1-2-5-20-13(19)16-11(12(17)18)7-8-3-4-10(15)9(14)6-8/h2-4,6,11H,1,5,7H2,(H,16,19)(H,17,18). The number of rotatable bonds is 6. The van der Waals surface area contributed by atoms with Crippen LogP contribution in [0.15, 0.2) is 30.9 Å². The van der Waals surface area contributed by atoms with Crippen LogP contribution in [0.1, 0.15) is 5.56 Å². The van der Waals surface area contributed by atoms with Crippen LogP contribution in [-0.2, 0) is 16.0 Å². The average molecular weight is 302 g/mol. The molecule has 5 nitrogen and oxygen atoms in total. The van der Waals surface area contributed by atoms with Gasteiger partial charge in [-0.15, -0.1) is 0 Å². The Hall–Kier alpha value is -2.08. The normalized spacial score (nSPS) is 11.5. The third kappa shape index (κ3) is 4.89. The van der Waals surface area contributed by atoms with E-state index in [1.807, 2.05) is 0 Å². The van der Waals surface area contributed by atoms with Crippen molar-refractivity contribution in [3.63, 3.8) is 0 Å². The first kappa shape index (κ1) is 16.0. The Kier molecular flexibility index (Phi) is 5.99. The number of carbonyl (C=O) groups is 2. The predicted molar refractivity (Wildman–Crippen MR) is 71.2 cm³/mol. The summed E-state index contributed by atoms with van der Waals surface area (Å²) in [4.78, 5) is 22.4. The van der Waals surface area contributed by atoms with Crippen molar-refractivity contribution in [1.29, 1.82) is 0 Å². The molecule has 1 amide bonds. The molecule has 0 radical (unpaired) electrons. The van der Waals surface area contributed by atoms with Crippen LogP contribution in [0.2, 0.25) is 5.02 Å². The summed E-state index contributed by atoms with van der Waals surface area (Å²) in [5.74, 6) is -1.83. The molecule has 0 bridgehead atoms. The molecule has 1 rings (SSSR count). The molecular weight excluding hydrogens is 289 g/mol. The van der Waals surface area contributed by atoms with Crippen LogP contribution in [0.25, 0.3) is 0 Å². The smallest absolute Gasteiger partial charge is 0.408 e. The molecule has 0 aliphatic carbocycles. The zero-order valence-corrected chi connectivity index (χ0v) is 11.2. The van der Waals surface area contributed by atoms with E-state index in [0.29, 0.717) is 5.56 Å². The van der Waals surface area contributed by atoms with Gasteiger partial charge in [0.1, 0.15) is 18.5 Å². The Bertz CT molecular complexity index is 521. The SMILES string of the molecule is C=CCOC(=O)NC(Cc1ccc(F)c(Cl)c1)C(=O)O. The van der Waals surface area contributed by atoms with E-state index in [-0.39, 0.29) is 18.1 Å². The van der Waals surface area contributed by atoms with Crippen LogP contribution >= 0.6 is 11.6 Å². The fourth-order valence-corrected chi connectivity index (χ4v) is 1.62. The third-order valence-corrected chi connectivity index (χ3v) is 2.64. The summed E-state index contributed by atoms with van der Waals surface area (Å²) in [5, 5.41) is 11.1. The number of hydrogen-bond donors (Lipinski definition) is 2. The molecule has 0 aliphatic heterocycles. The lowest BCUT2D eigenvalue weighted by Crippen LogP contribution is -2.42. The van der Waals surface area contributed by atoms with Crippen molar-refractivity contribution in [2.24, 2.45) is 0 Å². The fourth-order valence-electron chi connectivity index (χ4n) is 1.42. The quantitative estimate of drug-likeness (QED) is 0.791. The molecule has 2 N–H and O–H groups in total. The number of nitrogens with one attached hydrogen (secondary N) is 1. The first-order chi connectivity index (χ1) is 9.43. The molecule has 108 valence electrons. The molecular formula is C13H13ClFNO4. The highest BCUT2D eigenvalue weighted by molar-refractivity contribution is 6.30. The number of ether oxygens (including phenoxy) is 1. The summed E-state index contributed by atoms with van der Waals surface area (Å²) in [5.41, 5.74) is 0.479.